The maximum absolute atomic E-state index is 8.99. The van der Waals surface area contributed by atoms with E-state index < -0.39 is 7.12 Å². The van der Waals surface area contributed by atoms with Crippen LogP contribution >= 0.6 is 0 Å². The van der Waals surface area contributed by atoms with Gasteiger partial charge in [-0.25, -0.2) is 0 Å². The van der Waals surface area contributed by atoms with Crippen molar-refractivity contribution in [3.8, 4) is 0 Å². The zero-order valence-electron chi connectivity index (χ0n) is 7.78. The van der Waals surface area contributed by atoms with Crippen LogP contribution in [0.1, 0.15) is 16.7 Å². The molecule has 4 heteroatoms. The van der Waals surface area contributed by atoms with E-state index in [1.807, 2.05) is 6.92 Å². The first kappa shape index (κ1) is 10.2. The van der Waals surface area contributed by atoms with Crippen LogP contribution in [0.25, 0.3) is 0 Å². The van der Waals surface area contributed by atoms with Crippen molar-refractivity contribution in [1.29, 1.82) is 0 Å². The lowest BCUT2D eigenvalue weighted by molar-refractivity contribution is 0.281. The molecule has 70 valence electrons. The van der Waals surface area contributed by atoms with Crippen LogP contribution in [0.3, 0.4) is 0 Å². The smallest absolute Gasteiger partial charge is 0.423 e. The van der Waals surface area contributed by atoms with Gasteiger partial charge in [0.05, 0.1) is 6.61 Å². The fraction of sp³-hybridized carbons (Fsp3) is 0.333. The van der Waals surface area contributed by atoms with Crippen LogP contribution in [-0.4, -0.2) is 22.3 Å². The second kappa shape index (κ2) is 3.92. The van der Waals surface area contributed by atoms with E-state index in [0.717, 1.165) is 16.7 Å². The number of hydrogen-bond acceptors (Lipinski definition) is 3. The first-order valence-electron chi connectivity index (χ1n) is 4.13. The fourth-order valence-electron chi connectivity index (χ4n) is 1.35. The molecule has 1 aromatic rings. The second-order valence-electron chi connectivity index (χ2n) is 3.17. The normalized spacial score (nSPS) is 10.2. The van der Waals surface area contributed by atoms with Crippen molar-refractivity contribution in [2.75, 3.05) is 0 Å². The van der Waals surface area contributed by atoms with E-state index in [1.54, 1.807) is 19.1 Å². The van der Waals surface area contributed by atoms with Crippen molar-refractivity contribution < 1.29 is 15.2 Å². The van der Waals surface area contributed by atoms with Crippen molar-refractivity contribution in [2.45, 2.75) is 20.5 Å². The molecule has 0 bridgehead atoms. The first-order valence-corrected chi connectivity index (χ1v) is 4.13. The molecule has 0 aliphatic heterocycles. The molecule has 1 rings (SSSR count). The van der Waals surface area contributed by atoms with E-state index in [0.29, 0.717) is 5.46 Å². The van der Waals surface area contributed by atoms with Gasteiger partial charge in [0.25, 0.3) is 0 Å². The van der Waals surface area contributed by atoms with Crippen LogP contribution in [0.4, 0.5) is 0 Å². The highest BCUT2D eigenvalue weighted by molar-refractivity contribution is 6.59. The third-order valence-electron chi connectivity index (χ3n) is 2.17. The highest BCUT2D eigenvalue weighted by Gasteiger charge is 2.15. The second-order valence-corrected chi connectivity index (χ2v) is 3.17. The Balaban J connectivity index is 3.20. The zero-order valence-corrected chi connectivity index (χ0v) is 7.78. The monoisotopic (exact) mass is 180 g/mol. The molecule has 0 aliphatic rings. The predicted octanol–water partition coefficient (Wildman–Crippen LogP) is -0.524. The highest BCUT2D eigenvalue weighted by Crippen LogP contribution is 2.08. The van der Waals surface area contributed by atoms with Crippen LogP contribution in [0.2, 0.25) is 0 Å². The molecule has 0 unspecified atom stereocenters. The van der Waals surface area contributed by atoms with Crippen molar-refractivity contribution in [1.82, 2.24) is 0 Å². The Bertz CT molecular complexity index is 310. The summed E-state index contributed by atoms with van der Waals surface area (Å²) in [4.78, 5) is 0. The van der Waals surface area contributed by atoms with E-state index in [-0.39, 0.29) is 6.61 Å². The molecule has 0 amide bonds. The molecule has 0 heterocycles. The minimum absolute atomic E-state index is 0.0194. The van der Waals surface area contributed by atoms with Gasteiger partial charge in [0.15, 0.2) is 0 Å². The Kier molecular flexibility index (Phi) is 3.09. The molecule has 0 radical (unpaired) electrons. The Morgan fingerprint density at radius 1 is 1.15 bits per heavy atom. The van der Waals surface area contributed by atoms with E-state index in [1.165, 1.54) is 0 Å². The lowest BCUT2D eigenvalue weighted by Gasteiger charge is -2.09. The van der Waals surface area contributed by atoms with Crippen molar-refractivity contribution in [3.63, 3.8) is 0 Å². The third kappa shape index (κ3) is 2.09. The Morgan fingerprint density at radius 2 is 1.77 bits per heavy atom. The lowest BCUT2D eigenvalue weighted by atomic mass is 9.76. The van der Waals surface area contributed by atoms with Gasteiger partial charge in [-0.15, -0.1) is 0 Å². The van der Waals surface area contributed by atoms with E-state index in [4.69, 9.17) is 15.2 Å². The molecule has 0 aromatic heterocycles. The van der Waals surface area contributed by atoms with Crippen LogP contribution in [0, 0.1) is 13.8 Å². The largest absolute Gasteiger partial charge is 0.488 e. The molecule has 0 saturated carbocycles. The maximum Gasteiger partial charge on any atom is 0.488 e. The Morgan fingerprint density at radius 3 is 2.23 bits per heavy atom. The standard InChI is InChI=1S/C9H13BO3/c1-6-4-9(10(12)13)7(2)3-8(6)5-11/h3-4,11-13H,5H2,1-2H3. The topological polar surface area (TPSA) is 60.7 Å². The van der Waals surface area contributed by atoms with E-state index >= 15 is 0 Å². The predicted molar refractivity (Wildman–Crippen MR) is 51.7 cm³/mol. The molecule has 3 N–H and O–H groups in total. The highest BCUT2D eigenvalue weighted by atomic mass is 16.4. The molecule has 0 spiro atoms. The van der Waals surface area contributed by atoms with Crippen molar-refractivity contribution >= 4 is 12.6 Å². The van der Waals surface area contributed by atoms with Gasteiger partial charge in [0, 0.05) is 0 Å². The van der Waals surface area contributed by atoms with Crippen LogP contribution < -0.4 is 5.46 Å². The number of aliphatic hydroxyl groups is 1. The lowest BCUT2D eigenvalue weighted by Crippen LogP contribution is -2.32. The third-order valence-corrected chi connectivity index (χ3v) is 2.17. The molecular weight excluding hydrogens is 167 g/mol. The van der Waals surface area contributed by atoms with Gasteiger partial charge in [0.1, 0.15) is 0 Å². The summed E-state index contributed by atoms with van der Waals surface area (Å²) >= 11 is 0. The van der Waals surface area contributed by atoms with Crippen LogP contribution in [0.15, 0.2) is 12.1 Å². The number of aryl methyl sites for hydroxylation is 2. The zero-order chi connectivity index (χ0) is 10.0. The van der Waals surface area contributed by atoms with Gasteiger partial charge in [-0.1, -0.05) is 17.7 Å². The Labute approximate surface area is 77.8 Å². The number of aliphatic hydroxyl groups excluding tert-OH is 1. The summed E-state index contributed by atoms with van der Waals surface area (Å²) < 4.78 is 0. The summed E-state index contributed by atoms with van der Waals surface area (Å²) in [6, 6.07) is 3.45. The molecule has 0 fully saturated rings. The molecule has 0 aliphatic carbocycles. The van der Waals surface area contributed by atoms with Gasteiger partial charge in [0.2, 0.25) is 0 Å². The summed E-state index contributed by atoms with van der Waals surface area (Å²) in [7, 11) is -1.44. The minimum Gasteiger partial charge on any atom is -0.423 e. The summed E-state index contributed by atoms with van der Waals surface area (Å²) in [5, 5.41) is 26.9. The summed E-state index contributed by atoms with van der Waals surface area (Å²) in [6.45, 7) is 3.60. The van der Waals surface area contributed by atoms with Crippen molar-refractivity contribution in [2.24, 2.45) is 0 Å². The average Bonchev–Trinajstić information content (AvgIpc) is 2.07. The quantitative estimate of drug-likeness (QED) is 0.536. The summed E-state index contributed by atoms with van der Waals surface area (Å²) in [6.07, 6.45) is 0. The van der Waals surface area contributed by atoms with Gasteiger partial charge in [-0.3, -0.25) is 0 Å². The molecular formula is C9H13BO3. The number of benzene rings is 1. The summed E-state index contributed by atoms with van der Waals surface area (Å²) in [5.41, 5.74) is 2.97. The molecule has 0 atom stereocenters. The van der Waals surface area contributed by atoms with Gasteiger partial charge in [-0.05, 0) is 30.4 Å². The van der Waals surface area contributed by atoms with E-state index in [2.05, 4.69) is 0 Å². The minimum atomic E-state index is -1.44. The molecule has 1 aromatic carbocycles. The fourth-order valence-corrected chi connectivity index (χ4v) is 1.35. The Hall–Kier alpha value is -0.835. The van der Waals surface area contributed by atoms with Crippen molar-refractivity contribution in [3.05, 3.63) is 28.8 Å². The maximum atomic E-state index is 8.99. The first-order chi connectivity index (χ1) is 6.06. The molecule has 3 nitrogen and oxygen atoms in total. The van der Waals surface area contributed by atoms with Gasteiger partial charge in [-0.2, -0.15) is 0 Å². The van der Waals surface area contributed by atoms with Gasteiger partial charge < -0.3 is 15.2 Å². The van der Waals surface area contributed by atoms with E-state index in [9.17, 15) is 0 Å². The number of rotatable bonds is 2. The molecule has 13 heavy (non-hydrogen) atoms. The summed E-state index contributed by atoms with van der Waals surface area (Å²) in [5.74, 6) is 0. The van der Waals surface area contributed by atoms with Crippen LogP contribution in [0.5, 0.6) is 0 Å². The van der Waals surface area contributed by atoms with Gasteiger partial charge >= 0.3 is 7.12 Å². The average molecular weight is 180 g/mol. The SMILES string of the molecule is Cc1cc(B(O)O)c(C)cc1CO. The number of hydrogen-bond donors (Lipinski definition) is 3. The van der Waals surface area contributed by atoms with Crippen LogP contribution in [-0.2, 0) is 6.61 Å². The molecule has 0 saturated heterocycles.